The number of para-hydroxylation sites is 1. The van der Waals surface area contributed by atoms with Crippen LogP contribution in [0, 0.1) is 18.8 Å². The first-order chi connectivity index (χ1) is 39.7. The summed E-state index contributed by atoms with van der Waals surface area (Å²) in [5, 5.41) is 37.4. The molecule has 82 heavy (non-hydrogen) atoms. The molecule has 5 saturated heterocycles. The van der Waals surface area contributed by atoms with E-state index in [1.165, 1.54) is 4.90 Å². The number of carbonyl (C=O) groups is 2. The number of β-amino-alcohol motifs (C(OH)–C–C–N with tert-alkyl or cyclic N) is 1. The van der Waals surface area contributed by atoms with Crippen molar-refractivity contribution in [2.24, 2.45) is 11.8 Å². The summed E-state index contributed by atoms with van der Waals surface area (Å²) in [5.41, 5.74) is 21.2. The van der Waals surface area contributed by atoms with Crippen LogP contribution in [-0.2, 0) is 14.3 Å². The van der Waals surface area contributed by atoms with Crippen LogP contribution in [0.15, 0.2) is 83.0 Å². The molecule has 1 aliphatic carbocycles. The Balaban J connectivity index is 0.567. The minimum atomic E-state index is -0.846. The second-order valence-corrected chi connectivity index (χ2v) is 24.9. The van der Waals surface area contributed by atoms with Crippen LogP contribution in [0.1, 0.15) is 108 Å². The number of piperazine rings is 1. The molecule has 2 unspecified atom stereocenters. The highest BCUT2D eigenvalue weighted by Gasteiger charge is 2.45. The lowest BCUT2D eigenvalue weighted by Gasteiger charge is -2.43. The van der Waals surface area contributed by atoms with Gasteiger partial charge in [0.05, 0.1) is 51.8 Å². The number of hydrogen-bond acceptors (Lipinski definition) is 19. The highest BCUT2D eigenvalue weighted by molar-refractivity contribution is 7.13. The van der Waals surface area contributed by atoms with Gasteiger partial charge in [-0.1, -0.05) is 43.3 Å². The van der Waals surface area contributed by atoms with E-state index in [1.54, 1.807) is 23.5 Å². The number of carbonyl (C=O) groups excluding carboxylic acids is 2. The summed E-state index contributed by atoms with van der Waals surface area (Å²) < 4.78 is 19.1. The molecular weight excluding hydrogens is 1060 g/mol. The fraction of sp³-hybridized carbons (Fsp3) is 0.525. The van der Waals surface area contributed by atoms with Gasteiger partial charge in [0, 0.05) is 119 Å². The summed E-state index contributed by atoms with van der Waals surface area (Å²) >= 11 is 1.55. The fourth-order valence-corrected chi connectivity index (χ4v) is 14.4. The molecule has 5 aliphatic heterocycles. The monoisotopic (exact) mass is 1140 g/mol. The molecule has 7 N–H and O–H groups in total. The van der Waals surface area contributed by atoms with E-state index < -0.39 is 24.1 Å². The van der Waals surface area contributed by atoms with Crippen molar-refractivity contribution in [2.75, 3.05) is 78.5 Å². The number of phenols is 1. The van der Waals surface area contributed by atoms with Crippen LogP contribution in [0.5, 0.6) is 11.6 Å². The standard InChI is InChI=1S/C61H77N13O7S/c1-35(2)57(61(78)73-33-43(75)25-52(73)60(77)66-36(3)47-12-9-39(23-49(47)62)58-37(4)65-34-82-58)54-29-55(69-81-54)71-21-14-38(15-22-71)30-70-19-16-44(17-20-70)79-45-26-46(27-45)80-56-24-40(13-18-64-56)74-41-10-11-42(74)32-72(31-41)51-28-50(67-68-59(51)63)48-7-5-6-8-53(48)76/h5-9,12-13,18,23-24,28-29,34-36,38,41-46,52,57,75-76H,10-11,14-17,19-22,25-27,30-33,62H2,1-4H3,(H2,63,68)(H,66,77)/t36-,41?,42?,43+,45?,46?,52-,57-/m0/s1. The Hall–Kier alpha value is -7.07. The average molecular weight is 1140 g/mol. The number of anilines is 5. The Morgan fingerprint density at radius 1 is 0.841 bits per heavy atom. The number of aliphatic hydroxyl groups is 1. The van der Waals surface area contributed by atoms with Gasteiger partial charge in [-0.05, 0) is 106 Å². The first kappa shape index (κ1) is 55.5. The number of nitrogens with zero attached hydrogens (tertiary/aromatic N) is 10. The molecular formula is C61H77N13O7S. The Labute approximate surface area is 483 Å². The normalized spacial score (nSPS) is 24.2. The number of amides is 2. The van der Waals surface area contributed by atoms with Gasteiger partial charge in [0.25, 0.3) is 0 Å². The van der Waals surface area contributed by atoms with Crippen molar-refractivity contribution in [1.29, 1.82) is 0 Å². The van der Waals surface area contributed by atoms with E-state index in [-0.39, 0.29) is 54.8 Å². The van der Waals surface area contributed by atoms with Crippen molar-refractivity contribution < 1.29 is 33.8 Å². The first-order valence-corrected chi connectivity index (χ1v) is 30.3. The molecule has 6 atom stereocenters. The number of piperidine rings is 2. The predicted octanol–water partition coefficient (Wildman–Crippen LogP) is 7.57. The van der Waals surface area contributed by atoms with E-state index in [0.29, 0.717) is 52.4 Å². The van der Waals surface area contributed by atoms with Gasteiger partial charge < -0.3 is 65.5 Å². The van der Waals surface area contributed by atoms with Crippen LogP contribution >= 0.6 is 11.3 Å². The number of aromatic nitrogens is 5. The van der Waals surface area contributed by atoms with E-state index in [4.69, 9.17) is 25.5 Å². The highest BCUT2D eigenvalue weighted by atomic mass is 32.1. The maximum Gasteiger partial charge on any atom is 0.243 e. The van der Waals surface area contributed by atoms with Crippen molar-refractivity contribution in [1.82, 2.24) is 40.4 Å². The molecule has 6 aliphatic rings. The third-order valence-electron chi connectivity index (χ3n) is 18.1. The number of aryl methyl sites for hydroxylation is 1. The number of ether oxygens (including phenoxy) is 2. The molecule has 2 bridgehead atoms. The Kier molecular flexibility index (Phi) is 16.0. The number of aromatic hydroxyl groups is 1. The molecule has 1 saturated carbocycles. The van der Waals surface area contributed by atoms with Crippen LogP contribution in [0.3, 0.4) is 0 Å². The third-order valence-corrected chi connectivity index (χ3v) is 19.1. The molecule has 9 heterocycles. The van der Waals surface area contributed by atoms with Gasteiger partial charge in [0.1, 0.15) is 23.8 Å². The van der Waals surface area contributed by atoms with Crippen LogP contribution < -0.4 is 36.2 Å². The van der Waals surface area contributed by atoms with E-state index in [1.807, 2.05) is 81.9 Å². The Morgan fingerprint density at radius 2 is 1.61 bits per heavy atom. The lowest BCUT2D eigenvalue weighted by Crippen LogP contribution is -2.54. The maximum absolute atomic E-state index is 14.4. The number of nitrogens with two attached hydrogens (primary N) is 2. The molecule has 12 rings (SSSR count). The predicted molar refractivity (Wildman–Crippen MR) is 316 cm³/mol. The molecule has 2 aromatic carbocycles. The van der Waals surface area contributed by atoms with Crippen molar-refractivity contribution in [3.8, 4) is 33.3 Å². The van der Waals surface area contributed by atoms with Gasteiger partial charge in [-0.3, -0.25) is 9.59 Å². The number of nitrogen functional groups attached to an aromatic ring is 2. The third kappa shape index (κ3) is 11.7. The molecule has 4 aromatic heterocycles. The number of likely N-dealkylation sites (tertiary alicyclic amines) is 2. The SMILES string of the molecule is Cc1ncsc1-c1ccc([C@H](C)NC(=O)[C@@H]2C[C@@H](O)CN2C(=O)[C@H](c2cc(N3CCC(CN4CCC(OC5CC(Oc6cc(N7C8CCC7CN(c7cc(-c9ccccc9O)nnc7N)C8)ccn6)C5)CC4)CC3)no2)C(C)C)c(N)c1. The number of fused-ring (bicyclic) bond motifs is 2. The number of rotatable bonds is 17. The largest absolute Gasteiger partial charge is 0.507 e. The summed E-state index contributed by atoms with van der Waals surface area (Å²) in [6, 6.07) is 20.3. The van der Waals surface area contributed by atoms with Crippen molar-refractivity contribution in [3.63, 3.8) is 0 Å². The molecule has 0 radical (unpaired) electrons. The summed E-state index contributed by atoms with van der Waals surface area (Å²) in [6.07, 6.45) is 9.73. The number of phenolic OH excluding ortho intramolecular Hbond substituents is 1. The smallest absolute Gasteiger partial charge is 0.243 e. The van der Waals surface area contributed by atoms with Crippen LogP contribution in [0.4, 0.5) is 28.7 Å². The molecule has 2 amide bonds. The summed E-state index contributed by atoms with van der Waals surface area (Å²) in [6.45, 7) is 14.3. The minimum absolute atomic E-state index is 0.0588. The molecule has 20 nitrogen and oxygen atoms in total. The number of hydrogen-bond donors (Lipinski definition) is 5. The van der Waals surface area contributed by atoms with Crippen molar-refractivity contribution in [2.45, 2.75) is 140 Å². The number of nitrogens with one attached hydrogen (secondary N) is 1. The van der Waals surface area contributed by atoms with Gasteiger partial charge >= 0.3 is 0 Å². The van der Waals surface area contributed by atoms with E-state index in [0.717, 1.165) is 136 Å². The zero-order chi connectivity index (χ0) is 56.8. The molecule has 0 spiro atoms. The van der Waals surface area contributed by atoms with Gasteiger partial charge in [-0.15, -0.1) is 21.5 Å². The first-order valence-electron chi connectivity index (χ1n) is 29.4. The van der Waals surface area contributed by atoms with E-state index in [9.17, 15) is 19.8 Å². The van der Waals surface area contributed by atoms with Crippen LogP contribution in [-0.4, -0.2) is 152 Å². The van der Waals surface area contributed by atoms with Crippen molar-refractivity contribution >= 4 is 51.8 Å². The van der Waals surface area contributed by atoms with Crippen LogP contribution in [0.2, 0.25) is 0 Å². The fourth-order valence-electron chi connectivity index (χ4n) is 13.6. The zero-order valence-electron chi connectivity index (χ0n) is 47.3. The quantitative estimate of drug-likeness (QED) is 0.0552. The van der Waals surface area contributed by atoms with E-state index in [2.05, 4.69) is 62.4 Å². The number of benzene rings is 2. The lowest BCUT2D eigenvalue weighted by molar-refractivity contribution is -0.141. The van der Waals surface area contributed by atoms with Gasteiger partial charge in [0.15, 0.2) is 17.4 Å². The second-order valence-electron chi connectivity index (χ2n) is 24.0. The average Bonchev–Trinajstić information content (AvgIpc) is 3.95. The highest BCUT2D eigenvalue weighted by Crippen LogP contribution is 2.41. The summed E-state index contributed by atoms with van der Waals surface area (Å²) in [5.74, 6) is 1.56. The maximum atomic E-state index is 14.4. The Bertz CT molecular complexity index is 3210. The zero-order valence-corrected chi connectivity index (χ0v) is 48.2. The molecule has 434 valence electrons. The molecule has 6 aromatic rings. The lowest BCUT2D eigenvalue weighted by atomic mass is 9.91. The minimum Gasteiger partial charge on any atom is -0.507 e. The van der Waals surface area contributed by atoms with Crippen molar-refractivity contribution in [3.05, 3.63) is 95.5 Å². The molecule has 21 heteroatoms. The topological polar surface area (TPSA) is 251 Å². The van der Waals surface area contributed by atoms with Gasteiger partial charge in [-0.25, -0.2) is 9.97 Å². The van der Waals surface area contributed by atoms with Gasteiger partial charge in [-0.2, -0.15) is 0 Å². The summed E-state index contributed by atoms with van der Waals surface area (Å²) in [7, 11) is 0. The number of thiazole rings is 1. The molecule has 6 fully saturated rings. The van der Waals surface area contributed by atoms with Crippen LogP contribution in [0.25, 0.3) is 21.7 Å². The van der Waals surface area contributed by atoms with Gasteiger partial charge in [0.2, 0.25) is 17.7 Å². The second kappa shape index (κ2) is 23.7. The van der Waals surface area contributed by atoms with E-state index >= 15 is 0 Å². The summed E-state index contributed by atoms with van der Waals surface area (Å²) in [4.78, 5) is 49.6. The Morgan fingerprint density at radius 3 is 2.33 bits per heavy atom. The number of aliphatic hydroxyl groups excluding tert-OH is 1. The number of pyridine rings is 1.